The largest absolute Gasteiger partial charge is 0.486 e. The number of halogens is 4. The predicted octanol–water partition coefficient (Wildman–Crippen LogP) is 5.86. The van der Waals surface area contributed by atoms with Crippen molar-refractivity contribution in [2.75, 3.05) is 12.3 Å². The lowest BCUT2D eigenvalue weighted by Crippen LogP contribution is -2.00. The maximum Gasteiger partial charge on any atom is 0.157 e. The molecular weight excluding hydrogens is 380 g/mol. The minimum Gasteiger partial charge on any atom is -0.486 e. The maximum atomic E-state index is 13.1. The average molecular weight is 391 g/mol. The lowest BCUT2D eigenvalue weighted by molar-refractivity contribution is 0.306. The zero-order valence-corrected chi connectivity index (χ0v) is 14.9. The van der Waals surface area contributed by atoms with Crippen LogP contribution in [0.15, 0.2) is 35.3 Å². The number of aliphatic imine (C=N–C) groups is 1. The zero-order valence-electron chi connectivity index (χ0n) is 11.8. The molecule has 1 aliphatic heterocycles. The molecule has 1 heterocycles. The molecule has 0 amide bonds. The Hall–Kier alpha value is -0.940. The fourth-order valence-electron chi connectivity index (χ4n) is 2.12. The Morgan fingerprint density at radius 2 is 1.83 bits per heavy atom. The maximum absolute atomic E-state index is 13.1. The van der Waals surface area contributed by atoms with Crippen LogP contribution >= 0.6 is 46.6 Å². The van der Waals surface area contributed by atoms with Crippen LogP contribution in [-0.4, -0.2) is 17.3 Å². The SMILES string of the molecule is Fc1ccc(COc2c(Cl)cc(C3=NCCS3)cc2Cl)c(Cl)c1. The molecule has 0 radical (unpaired) electrons. The molecule has 0 aromatic heterocycles. The second-order valence-electron chi connectivity index (χ2n) is 4.83. The van der Waals surface area contributed by atoms with Crippen LogP contribution in [0.25, 0.3) is 0 Å². The summed E-state index contributed by atoms with van der Waals surface area (Å²) < 4.78 is 18.7. The monoisotopic (exact) mass is 389 g/mol. The summed E-state index contributed by atoms with van der Waals surface area (Å²) in [6.07, 6.45) is 0. The van der Waals surface area contributed by atoms with Crippen molar-refractivity contribution in [2.45, 2.75) is 6.61 Å². The molecule has 0 aliphatic carbocycles. The highest BCUT2D eigenvalue weighted by Gasteiger charge is 2.16. The van der Waals surface area contributed by atoms with E-state index in [1.807, 2.05) is 0 Å². The molecule has 0 spiro atoms. The summed E-state index contributed by atoms with van der Waals surface area (Å²) in [6.45, 7) is 0.949. The summed E-state index contributed by atoms with van der Waals surface area (Å²) in [6, 6.07) is 7.70. The Morgan fingerprint density at radius 3 is 2.43 bits per heavy atom. The highest BCUT2D eigenvalue weighted by atomic mass is 35.5. The number of thioether (sulfide) groups is 1. The molecule has 3 rings (SSSR count). The van der Waals surface area contributed by atoms with Crippen LogP contribution in [0.5, 0.6) is 5.75 Å². The van der Waals surface area contributed by atoms with E-state index in [0.29, 0.717) is 26.4 Å². The van der Waals surface area contributed by atoms with Gasteiger partial charge in [-0.25, -0.2) is 4.39 Å². The summed E-state index contributed by atoms with van der Waals surface area (Å²) in [4.78, 5) is 4.40. The first-order chi connectivity index (χ1) is 11.0. The van der Waals surface area contributed by atoms with E-state index in [4.69, 9.17) is 39.5 Å². The fraction of sp³-hybridized carbons (Fsp3) is 0.188. The lowest BCUT2D eigenvalue weighted by atomic mass is 10.2. The topological polar surface area (TPSA) is 21.6 Å². The van der Waals surface area contributed by atoms with Gasteiger partial charge in [0, 0.05) is 23.4 Å². The first-order valence-electron chi connectivity index (χ1n) is 6.78. The molecule has 7 heteroatoms. The van der Waals surface area contributed by atoms with Gasteiger partial charge in [0.1, 0.15) is 12.4 Å². The number of ether oxygens (including phenoxy) is 1. The lowest BCUT2D eigenvalue weighted by Gasteiger charge is -2.12. The van der Waals surface area contributed by atoms with Crippen molar-refractivity contribution < 1.29 is 9.13 Å². The van der Waals surface area contributed by atoms with Gasteiger partial charge in [-0.1, -0.05) is 40.9 Å². The minimum atomic E-state index is -0.394. The number of benzene rings is 2. The van der Waals surface area contributed by atoms with Gasteiger partial charge in [0.25, 0.3) is 0 Å². The number of rotatable bonds is 4. The minimum absolute atomic E-state index is 0.146. The second-order valence-corrected chi connectivity index (χ2v) is 7.13. The molecule has 1 aliphatic rings. The molecule has 0 saturated heterocycles. The Morgan fingerprint density at radius 1 is 1.09 bits per heavy atom. The van der Waals surface area contributed by atoms with Gasteiger partial charge in [0.05, 0.1) is 20.1 Å². The Balaban J connectivity index is 1.80. The normalized spacial score (nSPS) is 14.0. The molecule has 0 N–H and O–H groups in total. The molecule has 0 atom stereocenters. The van der Waals surface area contributed by atoms with Crippen molar-refractivity contribution >= 4 is 51.6 Å². The van der Waals surface area contributed by atoms with Gasteiger partial charge >= 0.3 is 0 Å². The zero-order chi connectivity index (χ0) is 16.4. The van der Waals surface area contributed by atoms with E-state index < -0.39 is 5.82 Å². The highest BCUT2D eigenvalue weighted by Crippen LogP contribution is 2.36. The quantitative estimate of drug-likeness (QED) is 0.652. The third-order valence-corrected chi connectivity index (χ3v) is 5.16. The second kappa shape index (κ2) is 7.31. The van der Waals surface area contributed by atoms with Crippen molar-refractivity contribution in [1.82, 2.24) is 0 Å². The smallest absolute Gasteiger partial charge is 0.157 e. The summed E-state index contributed by atoms with van der Waals surface area (Å²) in [7, 11) is 0. The first kappa shape index (κ1) is 16.9. The number of hydrogen-bond acceptors (Lipinski definition) is 3. The summed E-state index contributed by atoms with van der Waals surface area (Å²) in [5.41, 5.74) is 1.54. The van der Waals surface area contributed by atoms with Gasteiger partial charge < -0.3 is 4.74 Å². The Labute approximate surface area is 152 Å². The molecular formula is C16H11Cl3FNOS. The van der Waals surface area contributed by atoms with Gasteiger partial charge in [-0.15, -0.1) is 11.8 Å². The van der Waals surface area contributed by atoms with Gasteiger partial charge in [0.15, 0.2) is 5.75 Å². The van der Waals surface area contributed by atoms with Crippen molar-refractivity contribution in [1.29, 1.82) is 0 Å². The van der Waals surface area contributed by atoms with Crippen LogP contribution in [0, 0.1) is 5.82 Å². The van der Waals surface area contributed by atoms with Crippen molar-refractivity contribution in [3.05, 3.63) is 62.3 Å². The van der Waals surface area contributed by atoms with Gasteiger partial charge in [0.2, 0.25) is 0 Å². The van der Waals surface area contributed by atoms with Crippen LogP contribution in [-0.2, 0) is 6.61 Å². The number of hydrogen-bond donors (Lipinski definition) is 0. The molecule has 0 bridgehead atoms. The summed E-state index contributed by atoms with van der Waals surface area (Å²) in [5, 5.41) is 2.04. The standard InChI is InChI=1S/C16H11Cl3FNOS/c17-12-7-11(20)2-1-9(12)8-22-15-13(18)5-10(6-14(15)19)16-21-3-4-23-16/h1-2,5-7H,3-4,8H2. The summed E-state index contributed by atoms with van der Waals surface area (Å²) >= 11 is 20.2. The van der Waals surface area contributed by atoms with Crippen LogP contribution in [0.3, 0.4) is 0 Å². The van der Waals surface area contributed by atoms with Crippen molar-refractivity contribution in [3.63, 3.8) is 0 Å². The van der Waals surface area contributed by atoms with E-state index in [9.17, 15) is 4.39 Å². The van der Waals surface area contributed by atoms with Crippen molar-refractivity contribution in [3.8, 4) is 5.75 Å². The van der Waals surface area contributed by atoms with Crippen molar-refractivity contribution in [2.24, 2.45) is 4.99 Å². The van der Waals surface area contributed by atoms with Crippen LogP contribution in [0.4, 0.5) is 4.39 Å². The van der Waals surface area contributed by atoms with E-state index in [0.717, 1.165) is 22.9 Å². The molecule has 2 nitrogen and oxygen atoms in total. The average Bonchev–Trinajstić information content (AvgIpc) is 3.02. The summed E-state index contributed by atoms with van der Waals surface area (Å²) in [5.74, 6) is 0.946. The van der Waals surface area contributed by atoms with E-state index in [2.05, 4.69) is 4.99 Å². The van der Waals surface area contributed by atoms with Crippen LogP contribution < -0.4 is 4.74 Å². The highest BCUT2D eigenvalue weighted by molar-refractivity contribution is 8.14. The third kappa shape index (κ3) is 3.94. The third-order valence-electron chi connectivity index (χ3n) is 3.22. The van der Waals surface area contributed by atoms with E-state index in [1.54, 1.807) is 30.0 Å². The number of nitrogens with zero attached hydrogens (tertiary/aromatic N) is 1. The van der Waals surface area contributed by atoms with E-state index in [1.165, 1.54) is 12.1 Å². The van der Waals surface area contributed by atoms with Gasteiger partial charge in [-0.3, -0.25) is 4.99 Å². The Kier molecular flexibility index (Phi) is 5.37. The molecule has 120 valence electrons. The molecule has 0 saturated carbocycles. The van der Waals surface area contributed by atoms with E-state index >= 15 is 0 Å². The first-order valence-corrected chi connectivity index (χ1v) is 8.90. The predicted molar refractivity (Wildman–Crippen MR) is 96.1 cm³/mol. The fourth-order valence-corrected chi connectivity index (χ4v) is 3.78. The molecule has 2 aromatic rings. The van der Waals surface area contributed by atoms with E-state index in [-0.39, 0.29) is 6.61 Å². The molecule has 2 aromatic carbocycles. The van der Waals surface area contributed by atoms with Crippen LogP contribution in [0.1, 0.15) is 11.1 Å². The van der Waals surface area contributed by atoms with Gasteiger partial charge in [-0.05, 0) is 24.3 Å². The molecule has 23 heavy (non-hydrogen) atoms. The molecule has 0 unspecified atom stereocenters. The molecule has 0 fully saturated rings. The van der Waals surface area contributed by atoms with Gasteiger partial charge in [-0.2, -0.15) is 0 Å². The Bertz CT molecular complexity index is 759. The van der Waals surface area contributed by atoms with Crippen LogP contribution in [0.2, 0.25) is 15.1 Å².